The minimum absolute atomic E-state index is 0.544. The molecule has 1 saturated heterocycles. The fourth-order valence-corrected chi connectivity index (χ4v) is 2.20. The molecule has 0 aromatic heterocycles. The van der Waals surface area contributed by atoms with Crippen molar-refractivity contribution >= 4 is 0 Å². The zero-order valence-electron chi connectivity index (χ0n) is 9.85. The Balaban J connectivity index is 0.000000461. The number of hydrogen-bond donors (Lipinski definition) is 0. The Labute approximate surface area is 87.7 Å². The molecule has 0 aromatic rings. The molecule has 1 nitrogen and oxygen atoms in total. The summed E-state index contributed by atoms with van der Waals surface area (Å²) in [5.74, 6) is 0. The predicted octanol–water partition coefficient (Wildman–Crippen LogP) is 3.25. The van der Waals surface area contributed by atoms with Crippen molar-refractivity contribution in [1.82, 2.24) is 4.90 Å². The molecule has 14 heavy (non-hydrogen) atoms. The summed E-state index contributed by atoms with van der Waals surface area (Å²) in [6.07, 6.45) is 4.24. The van der Waals surface area contributed by atoms with E-state index in [4.69, 9.17) is 0 Å². The fourth-order valence-electron chi connectivity index (χ4n) is 2.20. The average molecular weight is 201 g/mol. The van der Waals surface area contributed by atoms with E-state index in [0.717, 1.165) is 19.5 Å². The van der Waals surface area contributed by atoms with E-state index in [1.54, 1.807) is 0 Å². The molecule has 2 fully saturated rings. The molecule has 0 unspecified atom stereocenters. The van der Waals surface area contributed by atoms with E-state index in [1.165, 1.54) is 19.3 Å². The van der Waals surface area contributed by atoms with Crippen LogP contribution in [0.2, 0.25) is 0 Å². The Hall–Kier alpha value is -0.110. The lowest BCUT2D eigenvalue weighted by molar-refractivity contribution is 0.236. The minimum Gasteiger partial charge on any atom is -0.300 e. The Morgan fingerprint density at radius 3 is 2.36 bits per heavy atom. The van der Waals surface area contributed by atoms with Crippen LogP contribution in [-0.2, 0) is 0 Å². The Morgan fingerprint density at radius 2 is 2.00 bits per heavy atom. The summed E-state index contributed by atoms with van der Waals surface area (Å²) < 4.78 is 12.8. The molecule has 0 spiro atoms. The average Bonchev–Trinajstić information content (AvgIpc) is 2.87. The normalized spacial score (nSPS) is 29.6. The quantitative estimate of drug-likeness (QED) is 0.677. The number of alkyl halides is 1. The smallest absolute Gasteiger partial charge is 0.114 e. The summed E-state index contributed by atoms with van der Waals surface area (Å²) in [6.45, 7) is 9.10. The van der Waals surface area contributed by atoms with Crippen LogP contribution in [0.5, 0.6) is 0 Å². The third-order valence-corrected chi connectivity index (χ3v) is 3.48. The van der Waals surface area contributed by atoms with Crippen LogP contribution in [0.25, 0.3) is 0 Å². The van der Waals surface area contributed by atoms with Gasteiger partial charge in [-0.25, -0.2) is 4.39 Å². The minimum atomic E-state index is -0.544. The van der Waals surface area contributed by atoms with E-state index in [1.807, 2.05) is 13.8 Å². The third kappa shape index (κ3) is 2.94. The van der Waals surface area contributed by atoms with Crippen LogP contribution in [0.3, 0.4) is 0 Å². The summed E-state index contributed by atoms with van der Waals surface area (Å²) in [5.41, 5.74) is 0.601. The molecule has 2 aliphatic rings. The van der Waals surface area contributed by atoms with E-state index in [2.05, 4.69) is 11.8 Å². The van der Waals surface area contributed by atoms with Crippen LogP contribution in [-0.4, -0.2) is 30.7 Å². The number of likely N-dealkylation sites (tertiary alicyclic amines) is 1. The van der Waals surface area contributed by atoms with Gasteiger partial charge in [0.05, 0.1) is 0 Å². The van der Waals surface area contributed by atoms with Gasteiger partial charge in [0.1, 0.15) is 6.17 Å². The SMILES string of the molecule is CC.CCC1(CN2CC[C@@H](F)C2)CC1. The second-order valence-corrected chi connectivity index (χ2v) is 4.47. The van der Waals surface area contributed by atoms with E-state index in [9.17, 15) is 4.39 Å². The van der Waals surface area contributed by atoms with Crippen molar-refractivity contribution in [2.24, 2.45) is 5.41 Å². The van der Waals surface area contributed by atoms with E-state index < -0.39 is 6.17 Å². The number of nitrogens with zero attached hydrogens (tertiary/aromatic N) is 1. The first-order valence-electron chi connectivity index (χ1n) is 6.10. The van der Waals surface area contributed by atoms with Crippen LogP contribution >= 0.6 is 0 Å². The number of rotatable bonds is 3. The van der Waals surface area contributed by atoms with Gasteiger partial charge in [0, 0.05) is 19.6 Å². The predicted molar refractivity (Wildman–Crippen MR) is 59.3 cm³/mol. The lowest BCUT2D eigenvalue weighted by Gasteiger charge is -2.21. The van der Waals surface area contributed by atoms with Gasteiger partial charge in [-0.15, -0.1) is 0 Å². The molecule has 2 rings (SSSR count). The molecule has 0 N–H and O–H groups in total. The van der Waals surface area contributed by atoms with Crippen molar-refractivity contribution in [3.8, 4) is 0 Å². The van der Waals surface area contributed by atoms with Crippen LogP contribution in [0.15, 0.2) is 0 Å². The van der Waals surface area contributed by atoms with Gasteiger partial charge >= 0.3 is 0 Å². The van der Waals surface area contributed by atoms with E-state index >= 15 is 0 Å². The first-order valence-corrected chi connectivity index (χ1v) is 6.10. The number of hydrogen-bond acceptors (Lipinski definition) is 1. The van der Waals surface area contributed by atoms with Crippen molar-refractivity contribution in [3.63, 3.8) is 0 Å². The molecular weight excluding hydrogens is 177 g/mol. The first kappa shape index (κ1) is 12.0. The second kappa shape index (κ2) is 5.11. The molecule has 1 atom stereocenters. The Kier molecular flexibility index (Phi) is 4.36. The number of halogens is 1. The summed E-state index contributed by atoms with van der Waals surface area (Å²) in [5, 5.41) is 0. The van der Waals surface area contributed by atoms with Crippen LogP contribution in [0.1, 0.15) is 46.5 Å². The Morgan fingerprint density at radius 1 is 1.36 bits per heavy atom. The zero-order chi connectivity index (χ0) is 10.6. The van der Waals surface area contributed by atoms with Gasteiger partial charge in [-0.3, -0.25) is 4.90 Å². The molecule has 1 aliphatic heterocycles. The Bertz CT molecular complexity index is 166. The maximum atomic E-state index is 12.8. The van der Waals surface area contributed by atoms with Gasteiger partial charge in [-0.1, -0.05) is 20.8 Å². The molecule has 1 heterocycles. The van der Waals surface area contributed by atoms with Crippen molar-refractivity contribution < 1.29 is 4.39 Å². The molecule has 0 radical (unpaired) electrons. The van der Waals surface area contributed by atoms with E-state index in [0.29, 0.717) is 12.0 Å². The molecule has 2 heteroatoms. The summed E-state index contributed by atoms with van der Waals surface area (Å²) >= 11 is 0. The molecule has 0 bridgehead atoms. The summed E-state index contributed by atoms with van der Waals surface area (Å²) in [7, 11) is 0. The maximum Gasteiger partial charge on any atom is 0.114 e. The van der Waals surface area contributed by atoms with Gasteiger partial charge < -0.3 is 0 Å². The topological polar surface area (TPSA) is 3.24 Å². The highest BCUT2D eigenvalue weighted by atomic mass is 19.1. The molecular formula is C12H24FN. The van der Waals surface area contributed by atoms with Crippen LogP contribution < -0.4 is 0 Å². The first-order chi connectivity index (χ1) is 6.74. The van der Waals surface area contributed by atoms with Crippen LogP contribution in [0, 0.1) is 5.41 Å². The third-order valence-electron chi connectivity index (χ3n) is 3.48. The van der Waals surface area contributed by atoms with Gasteiger partial charge in [0.2, 0.25) is 0 Å². The van der Waals surface area contributed by atoms with Gasteiger partial charge in [-0.05, 0) is 31.1 Å². The summed E-state index contributed by atoms with van der Waals surface area (Å²) in [4.78, 5) is 2.31. The molecule has 0 amide bonds. The highest BCUT2D eigenvalue weighted by Gasteiger charge is 2.42. The highest BCUT2D eigenvalue weighted by Crippen LogP contribution is 2.49. The largest absolute Gasteiger partial charge is 0.300 e. The van der Waals surface area contributed by atoms with Gasteiger partial charge in [0.15, 0.2) is 0 Å². The van der Waals surface area contributed by atoms with Crippen molar-refractivity contribution in [2.45, 2.75) is 52.6 Å². The maximum absolute atomic E-state index is 12.8. The van der Waals surface area contributed by atoms with Gasteiger partial charge in [-0.2, -0.15) is 0 Å². The van der Waals surface area contributed by atoms with Crippen molar-refractivity contribution in [2.75, 3.05) is 19.6 Å². The van der Waals surface area contributed by atoms with E-state index in [-0.39, 0.29) is 0 Å². The molecule has 84 valence electrons. The van der Waals surface area contributed by atoms with Gasteiger partial charge in [0.25, 0.3) is 0 Å². The standard InChI is InChI=1S/C10H18FN.C2H6/c1-2-10(4-5-10)8-12-6-3-9(11)7-12;1-2/h9H,2-8H2,1H3;1-2H3/t9-;/m1./s1. The van der Waals surface area contributed by atoms with Crippen LogP contribution in [0.4, 0.5) is 4.39 Å². The molecule has 1 saturated carbocycles. The second-order valence-electron chi connectivity index (χ2n) is 4.47. The lowest BCUT2D eigenvalue weighted by Crippen LogP contribution is -2.28. The summed E-state index contributed by atoms with van der Waals surface area (Å²) in [6, 6.07) is 0. The zero-order valence-corrected chi connectivity index (χ0v) is 9.85. The fraction of sp³-hybridized carbons (Fsp3) is 1.00. The monoisotopic (exact) mass is 201 g/mol. The van der Waals surface area contributed by atoms with Crippen molar-refractivity contribution in [1.29, 1.82) is 0 Å². The molecule has 0 aromatic carbocycles. The lowest BCUT2D eigenvalue weighted by atomic mass is 10.0. The molecule has 1 aliphatic carbocycles. The van der Waals surface area contributed by atoms with Crippen molar-refractivity contribution in [3.05, 3.63) is 0 Å². The highest BCUT2D eigenvalue weighted by molar-refractivity contribution is 4.95.